The highest BCUT2D eigenvalue weighted by atomic mass is 32.1. The standard InChI is InChI=1S/C19H21N3O3S/c1-22(2)16(15-12-26-17-8-4-3-7-14(15)17)11-21-19(24)18(23)20-10-13-6-5-9-25-13/h3-9,12,16H,10-11H2,1-2H3,(H,20,23)(H,21,24)/t16-/m0/s1. The summed E-state index contributed by atoms with van der Waals surface area (Å²) in [7, 11) is 3.92. The van der Waals surface area contributed by atoms with Crippen molar-refractivity contribution in [3.8, 4) is 0 Å². The zero-order valence-electron chi connectivity index (χ0n) is 14.7. The summed E-state index contributed by atoms with van der Waals surface area (Å²) in [5, 5.41) is 8.56. The summed E-state index contributed by atoms with van der Waals surface area (Å²) in [5.41, 5.74) is 1.15. The van der Waals surface area contributed by atoms with Crippen molar-refractivity contribution in [1.82, 2.24) is 15.5 Å². The molecule has 7 heteroatoms. The number of carbonyl (C=O) groups is 2. The highest BCUT2D eigenvalue weighted by molar-refractivity contribution is 7.17. The van der Waals surface area contributed by atoms with Crippen LogP contribution in [0.15, 0.2) is 52.5 Å². The molecule has 6 nitrogen and oxygen atoms in total. The molecule has 0 aliphatic rings. The van der Waals surface area contributed by atoms with E-state index in [9.17, 15) is 9.59 Å². The summed E-state index contributed by atoms with van der Waals surface area (Å²) >= 11 is 1.68. The smallest absolute Gasteiger partial charge is 0.309 e. The highest BCUT2D eigenvalue weighted by Crippen LogP contribution is 2.31. The molecule has 0 unspecified atom stereocenters. The number of fused-ring (bicyclic) bond motifs is 1. The first-order chi connectivity index (χ1) is 12.6. The molecule has 2 heterocycles. The minimum absolute atomic E-state index is 0.0204. The molecule has 0 saturated heterocycles. The fourth-order valence-electron chi connectivity index (χ4n) is 2.76. The number of amides is 2. The number of likely N-dealkylation sites (N-methyl/N-ethyl adjacent to an activating group) is 1. The van der Waals surface area contributed by atoms with Gasteiger partial charge in [0.25, 0.3) is 0 Å². The molecule has 0 saturated carbocycles. The van der Waals surface area contributed by atoms with E-state index >= 15 is 0 Å². The second kappa shape index (κ2) is 8.16. The lowest BCUT2D eigenvalue weighted by atomic mass is 10.0. The Bertz CT molecular complexity index is 886. The van der Waals surface area contributed by atoms with Crippen LogP contribution in [-0.2, 0) is 16.1 Å². The molecule has 2 N–H and O–H groups in total. The van der Waals surface area contributed by atoms with Gasteiger partial charge in [0.1, 0.15) is 5.76 Å². The SMILES string of the molecule is CN(C)[C@@H](CNC(=O)C(=O)NCc1ccco1)c1csc2ccccc12. The van der Waals surface area contributed by atoms with Gasteiger partial charge in [-0.2, -0.15) is 0 Å². The van der Waals surface area contributed by atoms with Gasteiger partial charge in [0.15, 0.2) is 0 Å². The van der Waals surface area contributed by atoms with Crippen molar-refractivity contribution in [2.45, 2.75) is 12.6 Å². The monoisotopic (exact) mass is 371 g/mol. The molecule has 26 heavy (non-hydrogen) atoms. The van der Waals surface area contributed by atoms with Crippen molar-refractivity contribution >= 4 is 33.2 Å². The molecule has 0 spiro atoms. The maximum absolute atomic E-state index is 12.1. The lowest BCUT2D eigenvalue weighted by molar-refractivity contribution is -0.139. The zero-order valence-corrected chi connectivity index (χ0v) is 15.5. The first-order valence-electron chi connectivity index (χ1n) is 8.27. The van der Waals surface area contributed by atoms with Crippen LogP contribution in [0.1, 0.15) is 17.4 Å². The van der Waals surface area contributed by atoms with E-state index in [0.29, 0.717) is 12.3 Å². The maximum Gasteiger partial charge on any atom is 0.309 e. The Morgan fingerprint density at radius 1 is 1.12 bits per heavy atom. The number of nitrogens with one attached hydrogen (secondary N) is 2. The molecular weight excluding hydrogens is 350 g/mol. The van der Waals surface area contributed by atoms with Crippen molar-refractivity contribution in [3.63, 3.8) is 0 Å². The molecule has 0 fully saturated rings. The lowest BCUT2D eigenvalue weighted by Crippen LogP contribution is -2.42. The number of thiophene rings is 1. The summed E-state index contributed by atoms with van der Waals surface area (Å²) in [4.78, 5) is 26.1. The van der Waals surface area contributed by atoms with Gasteiger partial charge in [-0.05, 0) is 48.6 Å². The minimum atomic E-state index is -0.672. The maximum atomic E-state index is 12.1. The number of furan rings is 1. The van der Waals surface area contributed by atoms with E-state index in [2.05, 4.69) is 28.1 Å². The molecule has 0 aliphatic carbocycles. The molecule has 1 aromatic carbocycles. The number of rotatable bonds is 6. The molecule has 2 amide bonds. The van der Waals surface area contributed by atoms with Crippen molar-refractivity contribution in [1.29, 1.82) is 0 Å². The van der Waals surface area contributed by atoms with Crippen molar-refractivity contribution < 1.29 is 14.0 Å². The van der Waals surface area contributed by atoms with Crippen molar-refractivity contribution in [3.05, 3.63) is 59.4 Å². The number of carbonyl (C=O) groups excluding carboxylic acids is 2. The van der Waals surface area contributed by atoms with Crippen LogP contribution in [0.2, 0.25) is 0 Å². The van der Waals surface area contributed by atoms with Crippen LogP contribution < -0.4 is 10.6 Å². The van der Waals surface area contributed by atoms with E-state index in [1.54, 1.807) is 23.5 Å². The zero-order chi connectivity index (χ0) is 18.5. The third-order valence-electron chi connectivity index (χ3n) is 4.16. The number of benzene rings is 1. The van der Waals surface area contributed by atoms with Crippen LogP contribution in [0.25, 0.3) is 10.1 Å². The normalized spacial score (nSPS) is 12.3. The number of hydrogen-bond acceptors (Lipinski definition) is 5. The summed E-state index contributed by atoms with van der Waals surface area (Å²) < 4.78 is 6.34. The predicted octanol–water partition coefficient (Wildman–Crippen LogP) is 2.53. The molecule has 136 valence electrons. The molecule has 1 atom stereocenters. The fraction of sp³-hybridized carbons (Fsp3) is 0.263. The lowest BCUT2D eigenvalue weighted by Gasteiger charge is -2.24. The molecule has 0 radical (unpaired) electrons. The summed E-state index contributed by atoms with van der Waals surface area (Å²) in [6.45, 7) is 0.534. The first-order valence-corrected chi connectivity index (χ1v) is 9.15. The second-order valence-electron chi connectivity index (χ2n) is 6.14. The quantitative estimate of drug-likeness (QED) is 0.653. The fourth-order valence-corrected chi connectivity index (χ4v) is 3.77. The van der Waals surface area contributed by atoms with Gasteiger partial charge in [0.05, 0.1) is 18.8 Å². The van der Waals surface area contributed by atoms with Crippen LogP contribution in [0.4, 0.5) is 0 Å². The first kappa shape index (κ1) is 18.2. The van der Waals surface area contributed by atoms with Gasteiger partial charge < -0.3 is 20.0 Å². The van der Waals surface area contributed by atoms with Gasteiger partial charge >= 0.3 is 11.8 Å². The van der Waals surface area contributed by atoms with E-state index in [1.807, 2.05) is 31.1 Å². The Morgan fingerprint density at radius 2 is 1.88 bits per heavy atom. The van der Waals surface area contributed by atoms with Crippen LogP contribution in [-0.4, -0.2) is 37.4 Å². The average Bonchev–Trinajstić information content (AvgIpc) is 3.29. The second-order valence-corrected chi connectivity index (χ2v) is 7.05. The molecule has 3 rings (SSSR count). The summed E-state index contributed by atoms with van der Waals surface area (Å²) in [6.07, 6.45) is 1.52. The third-order valence-corrected chi connectivity index (χ3v) is 5.14. The van der Waals surface area contributed by atoms with Gasteiger partial charge in [-0.25, -0.2) is 0 Å². The molecule has 0 aliphatic heterocycles. The van der Waals surface area contributed by atoms with Gasteiger partial charge in [-0.1, -0.05) is 18.2 Å². The Balaban J connectivity index is 1.61. The summed E-state index contributed by atoms with van der Waals surface area (Å²) in [6, 6.07) is 11.6. The van der Waals surface area contributed by atoms with E-state index in [0.717, 1.165) is 5.56 Å². The average molecular weight is 371 g/mol. The number of nitrogens with zero attached hydrogens (tertiary/aromatic N) is 1. The van der Waals surface area contributed by atoms with E-state index in [1.165, 1.54) is 16.3 Å². The Hall–Kier alpha value is -2.64. The van der Waals surface area contributed by atoms with Gasteiger partial charge in [0.2, 0.25) is 0 Å². The van der Waals surface area contributed by atoms with E-state index in [-0.39, 0.29) is 12.6 Å². The summed E-state index contributed by atoms with van der Waals surface area (Å²) in [5.74, 6) is -0.723. The van der Waals surface area contributed by atoms with Crippen LogP contribution >= 0.6 is 11.3 Å². The molecule has 2 aromatic heterocycles. The highest BCUT2D eigenvalue weighted by Gasteiger charge is 2.21. The van der Waals surface area contributed by atoms with E-state index in [4.69, 9.17) is 4.42 Å². The third kappa shape index (κ3) is 4.12. The van der Waals surface area contributed by atoms with E-state index < -0.39 is 11.8 Å². The molecule has 0 bridgehead atoms. The Morgan fingerprint density at radius 3 is 2.62 bits per heavy atom. The Kier molecular flexibility index (Phi) is 5.70. The van der Waals surface area contributed by atoms with Crippen molar-refractivity contribution in [2.75, 3.05) is 20.6 Å². The Labute approximate surface area is 155 Å². The number of hydrogen-bond donors (Lipinski definition) is 2. The van der Waals surface area contributed by atoms with Crippen molar-refractivity contribution in [2.24, 2.45) is 0 Å². The topological polar surface area (TPSA) is 74.6 Å². The molecule has 3 aromatic rings. The van der Waals surface area contributed by atoms with Crippen LogP contribution in [0.3, 0.4) is 0 Å². The predicted molar refractivity (Wildman–Crippen MR) is 102 cm³/mol. The molecular formula is C19H21N3O3S. The van der Waals surface area contributed by atoms with Gasteiger partial charge in [0, 0.05) is 11.2 Å². The van der Waals surface area contributed by atoms with Gasteiger partial charge in [-0.3, -0.25) is 9.59 Å². The van der Waals surface area contributed by atoms with Crippen LogP contribution in [0, 0.1) is 0 Å². The van der Waals surface area contributed by atoms with Crippen LogP contribution in [0.5, 0.6) is 0 Å². The van der Waals surface area contributed by atoms with Gasteiger partial charge in [-0.15, -0.1) is 11.3 Å². The largest absolute Gasteiger partial charge is 0.467 e. The minimum Gasteiger partial charge on any atom is -0.467 e.